The molecule has 0 aliphatic carbocycles. The molecule has 0 fully saturated rings. The topological polar surface area (TPSA) is 67.5 Å². The van der Waals surface area contributed by atoms with E-state index in [1.54, 1.807) is 24.3 Å². The van der Waals surface area contributed by atoms with Gasteiger partial charge in [0.1, 0.15) is 5.70 Å². The number of carbonyl (C=O) groups is 1. The zero-order chi connectivity index (χ0) is 19.3. The fourth-order valence-corrected chi connectivity index (χ4v) is 2.20. The van der Waals surface area contributed by atoms with Gasteiger partial charge in [-0.15, -0.1) is 0 Å². The van der Waals surface area contributed by atoms with Gasteiger partial charge < -0.3 is 11.1 Å². The van der Waals surface area contributed by atoms with Crippen molar-refractivity contribution in [1.29, 1.82) is 0 Å². The van der Waals surface area contributed by atoms with Crippen LogP contribution in [-0.2, 0) is 0 Å². The van der Waals surface area contributed by atoms with Gasteiger partial charge in [-0.3, -0.25) is 4.79 Å². The van der Waals surface area contributed by atoms with Gasteiger partial charge in [0.15, 0.2) is 0 Å². The van der Waals surface area contributed by atoms with Crippen molar-refractivity contribution in [3.05, 3.63) is 76.5 Å². The van der Waals surface area contributed by atoms with Crippen LogP contribution in [-0.4, -0.2) is 24.8 Å². The van der Waals surface area contributed by atoms with Gasteiger partial charge in [-0.25, -0.2) is 4.99 Å². The molecule has 0 unspecified atom stereocenters. The van der Waals surface area contributed by atoms with Crippen LogP contribution in [0.2, 0.25) is 5.02 Å². The number of nitrogens with two attached hydrogens (primary N) is 1. The lowest BCUT2D eigenvalue weighted by atomic mass is 10.1. The van der Waals surface area contributed by atoms with Crippen LogP contribution >= 0.6 is 11.6 Å². The number of benzene rings is 2. The summed E-state index contributed by atoms with van der Waals surface area (Å²) in [7, 11) is 1.48. The van der Waals surface area contributed by atoms with Crippen LogP contribution in [0.4, 0.5) is 18.9 Å². The highest BCUT2D eigenvalue weighted by Gasteiger charge is 2.31. The highest BCUT2D eigenvalue weighted by atomic mass is 35.5. The Hall–Kier alpha value is -2.80. The Kier molecular flexibility index (Phi) is 6.05. The smallest absolute Gasteiger partial charge is 0.395 e. The SMILES string of the molecule is CNC(=O)c1ccc(C(/C=C(\N)C(F)(F)F)=Nc2ccccc2Cl)cc1. The number of amides is 1. The zero-order valence-electron chi connectivity index (χ0n) is 13.6. The van der Waals surface area contributed by atoms with E-state index in [0.717, 1.165) is 6.08 Å². The van der Waals surface area contributed by atoms with E-state index in [2.05, 4.69) is 10.3 Å². The van der Waals surface area contributed by atoms with Crippen molar-refractivity contribution in [2.75, 3.05) is 7.05 Å². The molecule has 3 N–H and O–H groups in total. The second-order valence-electron chi connectivity index (χ2n) is 5.20. The summed E-state index contributed by atoms with van der Waals surface area (Å²) in [6, 6.07) is 12.4. The minimum Gasteiger partial charge on any atom is -0.395 e. The lowest BCUT2D eigenvalue weighted by Crippen LogP contribution is -2.21. The Bertz CT molecular complexity index is 859. The first-order valence-electron chi connectivity index (χ1n) is 7.42. The highest BCUT2D eigenvalue weighted by molar-refractivity contribution is 6.33. The summed E-state index contributed by atoms with van der Waals surface area (Å²) in [6.07, 6.45) is -3.96. The number of halogens is 4. The maximum absolute atomic E-state index is 12.8. The molecule has 0 saturated heterocycles. The molecule has 0 aliphatic heterocycles. The molecule has 0 atom stereocenters. The van der Waals surface area contributed by atoms with E-state index < -0.39 is 11.9 Å². The number of carbonyl (C=O) groups excluding carboxylic acids is 1. The molecule has 26 heavy (non-hydrogen) atoms. The van der Waals surface area contributed by atoms with Crippen LogP contribution in [0.15, 0.2) is 65.3 Å². The molecule has 4 nitrogen and oxygen atoms in total. The van der Waals surface area contributed by atoms with Gasteiger partial charge >= 0.3 is 6.18 Å². The monoisotopic (exact) mass is 381 g/mol. The van der Waals surface area contributed by atoms with Crippen molar-refractivity contribution >= 4 is 28.9 Å². The molecule has 1 amide bonds. The Balaban J connectivity index is 2.54. The molecule has 0 spiro atoms. The molecular formula is C18H15ClF3N3O. The molecule has 8 heteroatoms. The maximum atomic E-state index is 12.8. The molecule has 2 aromatic carbocycles. The van der Waals surface area contributed by atoms with Gasteiger partial charge in [-0.05, 0) is 30.3 Å². The first-order valence-corrected chi connectivity index (χ1v) is 7.80. The van der Waals surface area contributed by atoms with Gasteiger partial charge in [0.05, 0.1) is 16.4 Å². The van der Waals surface area contributed by atoms with Gasteiger partial charge in [0.2, 0.25) is 0 Å². The Morgan fingerprint density at radius 2 is 1.69 bits per heavy atom. The Morgan fingerprint density at radius 1 is 1.12 bits per heavy atom. The number of nitrogens with one attached hydrogen (secondary N) is 1. The number of hydrogen-bond donors (Lipinski definition) is 2. The molecule has 0 bridgehead atoms. The number of alkyl halides is 3. The Labute approximate surface area is 153 Å². The number of aliphatic imine (C=N–C) groups is 1. The van der Waals surface area contributed by atoms with Crippen molar-refractivity contribution < 1.29 is 18.0 Å². The number of nitrogens with zero attached hydrogens (tertiary/aromatic N) is 1. The molecule has 0 saturated carbocycles. The molecule has 2 aromatic rings. The molecule has 0 aliphatic rings. The lowest BCUT2D eigenvalue weighted by molar-refractivity contribution is -0.0925. The fraction of sp³-hybridized carbons (Fsp3) is 0.111. The maximum Gasteiger partial charge on any atom is 0.430 e. The molecule has 0 radical (unpaired) electrons. The second-order valence-corrected chi connectivity index (χ2v) is 5.61. The second kappa shape index (κ2) is 8.05. The summed E-state index contributed by atoms with van der Waals surface area (Å²) in [4.78, 5) is 15.8. The molecular weight excluding hydrogens is 367 g/mol. The summed E-state index contributed by atoms with van der Waals surface area (Å²) >= 11 is 6.03. The molecule has 0 aromatic heterocycles. The number of allylic oxidation sites excluding steroid dienone is 2. The van der Waals surface area contributed by atoms with Crippen molar-refractivity contribution in [3.8, 4) is 0 Å². The number of para-hydroxylation sites is 1. The minimum absolute atomic E-state index is 0.0311. The molecule has 136 valence electrons. The van der Waals surface area contributed by atoms with Crippen LogP contribution < -0.4 is 11.1 Å². The largest absolute Gasteiger partial charge is 0.430 e. The predicted molar refractivity (Wildman–Crippen MR) is 95.8 cm³/mol. The van der Waals surface area contributed by atoms with Crippen LogP contribution in [0, 0.1) is 0 Å². The van der Waals surface area contributed by atoms with E-state index in [9.17, 15) is 18.0 Å². The molecule has 0 heterocycles. The standard InChI is InChI=1S/C18H15ClF3N3O/c1-24-17(26)12-8-6-11(7-9-12)15(10-16(23)18(20,21)22)25-14-5-3-2-4-13(14)19/h2-10H,23H2,1H3,(H,24,26)/b16-10-,25-15?. The van der Waals surface area contributed by atoms with Gasteiger partial charge in [-0.2, -0.15) is 13.2 Å². The fourth-order valence-electron chi connectivity index (χ4n) is 2.02. The van der Waals surface area contributed by atoms with E-state index in [0.29, 0.717) is 16.8 Å². The highest BCUT2D eigenvalue weighted by Crippen LogP contribution is 2.27. The zero-order valence-corrected chi connectivity index (χ0v) is 14.4. The summed E-state index contributed by atoms with van der Waals surface area (Å²) in [6.45, 7) is 0. The van der Waals surface area contributed by atoms with Crippen LogP contribution in [0.25, 0.3) is 0 Å². The average Bonchev–Trinajstić information content (AvgIpc) is 2.61. The predicted octanol–water partition coefficient (Wildman–Crippen LogP) is 4.23. The van der Waals surface area contributed by atoms with E-state index in [4.69, 9.17) is 17.3 Å². The quantitative estimate of drug-likeness (QED) is 0.778. The van der Waals surface area contributed by atoms with Crippen molar-refractivity contribution in [2.24, 2.45) is 10.7 Å². The normalized spacial score (nSPS) is 12.8. The summed E-state index contributed by atoms with van der Waals surface area (Å²) in [5.74, 6) is -0.313. The van der Waals surface area contributed by atoms with Crippen molar-refractivity contribution in [3.63, 3.8) is 0 Å². The number of rotatable bonds is 4. The van der Waals surface area contributed by atoms with E-state index in [1.165, 1.54) is 31.3 Å². The lowest BCUT2D eigenvalue weighted by Gasteiger charge is -2.09. The van der Waals surface area contributed by atoms with Gasteiger partial charge in [0.25, 0.3) is 5.91 Å². The van der Waals surface area contributed by atoms with Crippen molar-refractivity contribution in [1.82, 2.24) is 5.32 Å². The number of hydrogen-bond acceptors (Lipinski definition) is 3. The van der Waals surface area contributed by atoms with Gasteiger partial charge in [0, 0.05) is 18.2 Å². The summed E-state index contributed by atoms with van der Waals surface area (Å²) in [5.41, 5.74) is 4.83. The third-order valence-electron chi connectivity index (χ3n) is 3.38. The van der Waals surface area contributed by atoms with Crippen LogP contribution in [0.3, 0.4) is 0 Å². The van der Waals surface area contributed by atoms with E-state index in [1.807, 2.05) is 0 Å². The first kappa shape index (κ1) is 19.5. The summed E-state index contributed by atoms with van der Waals surface area (Å²) < 4.78 is 38.5. The van der Waals surface area contributed by atoms with Crippen LogP contribution in [0.1, 0.15) is 15.9 Å². The van der Waals surface area contributed by atoms with E-state index >= 15 is 0 Å². The molecule has 2 rings (SSSR count). The first-order chi connectivity index (χ1) is 12.2. The van der Waals surface area contributed by atoms with Crippen molar-refractivity contribution in [2.45, 2.75) is 6.18 Å². The van der Waals surface area contributed by atoms with Gasteiger partial charge in [-0.1, -0.05) is 35.9 Å². The van der Waals surface area contributed by atoms with E-state index in [-0.39, 0.29) is 16.6 Å². The Morgan fingerprint density at radius 3 is 2.23 bits per heavy atom. The van der Waals surface area contributed by atoms with Crippen LogP contribution in [0.5, 0.6) is 0 Å². The minimum atomic E-state index is -4.69. The average molecular weight is 382 g/mol. The third-order valence-corrected chi connectivity index (χ3v) is 3.70. The summed E-state index contributed by atoms with van der Waals surface area (Å²) in [5, 5.41) is 2.75. The third kappa shape index (κ3) is 4.86.